The van der Waals surface area contributed by atoms with Crippen molar-refractivity contribution in [3.05, 3.63) is 35.3 Å². The van der Waals surface area contributed by atoms with Gasteiger partial charge in [-0.3, -0.25) is 4.79 Å². The lowest BCUT2D eigenvalue weighted by atomic mass is 9.49. The molecule has 0 saturated heterocycles. The number of nitrogens with zero attached hydrogens (tertiary/aromatic N) is 2. The zero-order chi connectivity index (χ0) is 20.0. The Bertz CT molecular complexity index is 955. The number of thiazole rings is 1. The first-order chi connectivity index (χ1) is 14.0. The number of ether oxygens (including phenoxy) is 1. The highest BCUT2D eigenvalue weighted by Gasteiger charge is 2.54. The van der Waals surface area contributed by atoms with Crippen molar-refractivity contribution in [3.8, 4) is 10.4 Å². The first-order valence-corrected chi connectivity index (χ1v) is 11.5. The molecule has 6 rings (SSSR count). The van der Waals surface area contributed by atoms with Crippen molar-refractivity contribution in [3.63, 3.8) is 0 Å². The highest BCUT2D eigenvalue weighted by Crippen LogP contribution is 2.60. The van der Waals surface area contributed by atoms with Crippen molar-refractivity contribution >= 4 is 22.9 Å². The third-order valence-electron chi connectivity index (χ3n) is 7.12. The maximum absolute atomic E-state index is 13.5. The van der Waals surface area contributed by atoms with Gasteiger partial charge in [-0.2, -0.15) is 4.99 Å². The van der Waals surface area contributed by atoms with Gasteiger partial charge in [0.05, 0.1) is 16.9 Å². The molecule has 4 saturated carbocycles. The molecule has 0 radical (unpaired) electrons. The normalized spacial score (nSPS) is 30.8. The summed E-state index contributed by atoms with van der Waals surface area (Å²) in [5.74, 6) is 2.34. The van der Waals surface area contributed by atoms with E-state index in [2.05, 4.69) is 10.8 Å². The van der Waals surface area contributed by atoms with Crippen LogP contribution in [0.25, 0.3) is 10.4 Å². The Kier molecular flexibility index (Phi) is 4.87. The highest BCUT2D eigenvalue weighted by atomic mass is 32.1. The molecule has 1 aromatic carbocycles. The molecule has 4 aliphatic carbocycles. The van der Waals surface area contributed by atoms with Gasteiger partial charge in [0, 0.05) is 25.5 Å². The van der Waals surface area contributed by atoms with Crippen LogP contribution in [0.4, 0.5) is 5.69 Å². The molecule has 6 heteroatoms. The second kappa shape index (κ2) is 7.40. The molecule has 1 heterocycles. The monoisotopic (exact) mass is 411 g/mol. The van der Waals surface area contributed by atoms with E-state index < -0.39 is 0 Å². The van der Waals surface area contributed by atoms with Gasteiger partial charge in [-0.05, 0) is 74.0 Å². The summed E-state index contributed by atoms with van der Waals surface area (Å²) in [5.41, 5.74) is 7.57. The number of rotatable bonds is 5. The Balaban J connectivity index is 1.50. The number of nitrogen functional groups attached to an aromatic ring is 1. The molecule has 0 aliphatic heterocycles. The molecule has 5 nitrogen and oxygen atoms in total. The topological polar surface area (TPSA) is 69.6 Å². The Hall–Kier alpha value is -1.92. The Morgan fingerprint density at radius 2 is 1.93 bits per heavy atom. The van der Waals surface area contributed by atoms with Crippen LogP contribution in [0.3, 0.4) is 0 Å². The molecule has 2 N–H and O–H groups in total. The minimum absolute atomic E-state index is 0.115. The van der Waals surface area contributed by atoms with Gasteiger partial charge in [-0.25, -0.2) is 0 Å². The molecule has 2 aromatic rings. The molecule has 4 fully saturated rings. The fraction of sp³-hybridized carbons (Fsp3) is 0.565. The van der Waals surface area contributed by atoms with E-state index in [4.69, 9.17) is 15.5 Å². The number of carbonyl (C=O) groups is 1. The summed E-state index contributed by atoms with van der Waals surface area (Å²) in [7, 11) is 1.70. The quantitative estimate of drug-likeness (QED) is 0.754. The smallest absolute Gasteiger partial charge is 0.254 e. The maximum Gasteiger partial charge on any atom is 0.254 e. The molecular weight excluding hydrogens is 382 g/mol. The summed E-state index contributed by atoms with van der Waals surface area (Å²) in [5, 5.41) is 0. The van der Waals surface area contributed by atoms with Gasteiger partial charge in [0.15, 0.2) is 4.80 Å². The van der Waals surface area contributed by atoms with Gasteiger partial charge in [0.2, 0.25) is 0 Å². The van der Waals surface area contributed by atoms with Crippen LogP contribution >= 0.6 is 11.3 Å². The van der Waals surface area contributed by atoms with Gasteiger partial charge in [-0.1, -0.05) is 23.5 Å². The largest absolute Gasteiger partial charge is 0.399 e. The molecule has 0 atom stereocenters. The van der Waals surface area contributed by atoms with E-state index in [1.807, 2.05) is 24.3 Å². The second-order valence-corrected chi connectivity index (χ2v) is 10.3. The summed E-state index contributed by atoms with van der Waals surface area (Å²) in [6.45, 7) is 1.27. The molecule has 0 spiro atoms. The van der Waals surface area contributed by atoms with E-state index in [1.165, 1.54) is 19.3 Å². The number of nitrogens with two attached hydrogens (primary N) is 1. The first kappa shape index (κ1) is 19.1. The van der Waals surface area contributed by atoms with Gasteiger partial charge in [0.1, 0.15) is 0 Å². The SMILES string of the molecule is COCCn1cc(-c2cccc(N)c2)s/c1=N\C(=O)C12CC3CC(CC(C3)C1)C2. The van der Waals surface area contributed by atoms with Crippen LogP contribution in [-0.4, -0.2) is 24.2 Å². The highest BCUT2D eigenvalue weighted by molar-refractivity contribution is 7.12. The zero-order valence-electron chi connectivity index (χ0n) is 17.0. The Labute approximate surface area is 175 Å². The van der Waals surface area contributed by atoms with Gasteiger partial charge in [-0.15, -0.1) is 0 Å². The summed E-state index contributed by atoms with van der Waals surface area (Å²) < 4.78 is 7.34. The lowest BCUT2D eigenvalue weighted by Crippen LogP contribution is -2.49. The number of anilines is 1. The van der Waals surface area contributed by atoms with Crippen LogP contribution in [-0.2, 0) is 16.1 Å². The zero-order valence-corrected chi connectivity index (χ0v) is 17.8. The predicted molar refractivity (Wildman–Crippen MR) is 115 cm³/mol. The van der Waals surface area contributed by atoms with E-state index in [-0.39, 0.29) is 11.3 Å². The summed E-state index contributed by atoms with van der Waals surface area (Å²) in [4.78, 5) is 20.0. The van der Waals surface area contributed by atoms with Crippen LogP contribution in [0, 0.1) is 23.2 Å². The van der Waals surface area contributed by atoms with Crippen molar-refractivity contribution in [2.75, 3.05) is 19.5 Å². The van der Waals surface area contributed by atoms with Crippen LogP contribution in [0.1, 0.15) is 38.5 Å². The summed E-state index contributed by atoms with van der Waals surface area (Å²) >= 11 is 1.57. The number of hydrogen-bond acceptors (Lipinski definition) is 4. The lowest BCUT2D eigenvalue weighted by molar-refractivity contribution is -0.142. The van der Waals surface area contributed by atoms with Crippen molar-refractivity contribution in [2.24, 2.45) is 28.2 Å². The molecule has 4 bridgehead atoms. The molecule has 4 aliphatic rings. The minimum atomic E-state index is -0.199. The molecule has 154 valence electrons. The third-order valence-corrected chi connectivity index (χ3v) is 8.19. The van der Waals surface area contributed by atoms with E-state index in [0.717, 1.165) is 57.9 Å². The summed E-state index contributed by atoms with van der Waals surface area (Å²) in [6.07, 6.45) is 9.22. The average molecular weight is 412 g/mol. The number of benzene rings is 1. The van der Waals surface area contributed by atoms with Crippen molar-refractivity contribution < 1.29 is 9.53 Å². The van der Waals surface area contributed by atoms with Gasteiger partial charge >= 0.3 is 0 Å². The predicted octanol–water partition coefficient (Wildman–Crippen LogP) is 4.09. The average Bonchev–Trinajstić information content (AvgIpc) is 3.08. The van der Waals surface area contributed by atoms with Crippen LogP contribution < -0.4 is 10.5 Å². The van der Waals surface area contributed by atoms with Gasteiger partial charge in [0.25, 0.3) is 5.91 Å². The third kappa shape index (κ3) is 3.57. The molecule has 1 aromatic heterocycles. The lowest BCUT2D eigenvalue weighted by Gasteiger charge is -2.55. The van der Waals surface area contributed by atoms with E-state index >= 15 is 0 Å². The molecule has 0 unspecified atom stereocenters. The number of aromatic nitrogens is 1. The standard InChI is InChI=1S/C23H29N3O2S/c1-28-6-5-26-14-20(18-3-2-4-19(24)10-18)29-22(26)25-21(27)23-11-15-7-16(12-23)9-17(8-15)13-23/h2-4,10,14-17H,5-9,11-13,24H2,1H3/b25-22-. The van der Waals surface area contributed by atoms with E-state index in [9.17, 15) is 4.79 Å². The van der Waals surface area contributed by atoms with Gasteiger partial charge < -0.3 is 15.0 Å². The van der Waals surface area contributed by atoms with Crippen LogP contribution in [0.2, 0.25) is 0 Å². The molecule has 29 heavy (non-hydrogen) atoms. The number of carbonyl (C=O) groups excluding carboxylic acids is 1. The van der Waals surface area contributed by atoms with E-state index in [0.29, 0.717) is 13.2 Å². The minimum Gasteiger partial charge on any atom is -0.399 e. The molecule has 1 amide bonds. The molecular formula is C23H29N3O2S. The summed E-state index contributed by atoms with van der Waals surface area (Å²) in [6, 6.07) is 7.87. The fourth-order valence-corrected chi connectivity index (χ4v) is 7.23. The Morgan fingerprint density at radius 3 is 2.55 bits per heavy atom. The second-order valence-electron chi connectivity index (χ2n) is 9.30. The Morgan fingerprint density at radius 1 is 1.24 bits per heavy atom. The first-order valence-electron chi connectivity index (χ1n) is 10.7. The van der Waals surface area contributed by atoms with Crippen LogP contribution in [0.5, 0.6) is 0 Å². The fourth-order valence-electron chi connectivity index (χ4n) is 6.22. The van der Waals surface area contributed by atoms with Crippen molar-refractivity contribution in [1.82, 2.24) is 4.57 Å². The van der Waals surface area contributed by atoms with Crippen LogP contribution in [0.15, 0.2) is 35.5 Å². The van der Waals surface area contributed by atoms with E-state index in [1.54, 1.807) is 18.4 Å². The van der Waals surface area contributed by atoms with Crippen molar-refractivity contribution in [1.29, 1.82) is 0 Å². The maximum atomic E-state index is 13.5. The number of methoxy groups -OCH3 is 1. The van der Waals surface area contributed by atoms with Crippen molar-refractivity contribution in [2.45, 2.75) is 45.1 Å². The number of hydrogen-bond donors (Lipinski definition) is 1. The number of amides is 1.